The summed E-state index contributed by atoms with van der Waals surface area (Å²) in [4.78, 5) is 12.7. The first-order valence-electron chi connectivity index (χ1n) is 8.51. The quantitative estimate of drug-likeness (QED) is 0.577. The molecule has 0 bridgehead atoms. The third kappa shape index (κ3) is 1.92. The Kier molecular flexibility index (Phi) is 2.91. The molecule has 0 spiro atoms. The smallest absolute Gasteiger partial charge is 0.255 e. The molecule has 2 nitrogen and oxygen atoms in total. The second-order valence-corrected chi connectivity index (χ2v) is 8.36. The zero-order chi connectivity index (χ0) is 17.3. The first kappa shape index (κ1) is 15.2. The van der Waals surface area contributed by atoms with Crippen molar-refractivity contribution in [1.82, 2.24) is 4.40 Å². The van der Waals surface area contributed by atoms with E-state index in [9.17, 15) is 4.79 Å². The van der Waals surface area contributed by atoms with Crippen molar-refractivity contribution in [3.05, 3.63) is 75.7 Å². The SMILES string of the molecule is CC(C)(C)c1cc(=O)n2ccc3c(c2c1)C(C)(C)c1ccccc1-3. The summed E-state index contributed by atoms with van der Waals surface area (Å²) in [6.45, 7) is 11.0. The fraction of sp³-hybridized carbons (Fsp3) is 0.318. The number of benzene rings is 1. The minimum atomic E-state index is -0.110. The Morgan fingerprint density at radius 2 is 1.67 bits per heavy atom. The predicted octanol–water partition coefficient (Wildman–Crippen LogP) is 4.90. The van der Waals surface area contributed by atoms with E-state index < -0.39 is 0 Å². The maximum Gasteiger partial charge on any atom is 0.255 e. The minimum Gasteiger partial charge on any atom is -0.284 e. The van der Waals surface area contributed by atoms with Gasteiger partial charge in [-0.2, -0.15) is 0 Å². The number of fused-ring (bicyclic) bond motifs is 5. The molecular weight excluding hydrogens is 294 g/mol. The van der Waals surface area contributed by atoms with Crippen LogP contribution in [0.25, 0.3) is 16.6 Å². The highest BCUT2D eigenvalue weighted by atomic mass is 16.1. The lowest BCUT2D eigenvalue weighted by molar-refractivity contribution is 0.588. The second kappa shape index (κ2) is 4.60. The largest absolute Gasteiger partial charge is 0.284 e. The van der Waals surface area contributed by atoms with Gasteiger partial charge in [0.25, 0.3) is 5.56 Å². The number of nitrogens with zero attached hydrogens (tertiary/aromatic N) is 1. The first-order valence-corrected chi connectivity index (χ1v) is 8.51. The van der Waals surface area contributed by atoms with Gasteiger partial charge >= 0.3 is 0 Å². The van der Waals surface area contributed by atoms with Crippen molar-refractivity contribution in [2.75, 3.05) is 0 Å². The Bertz CT molecular complexity index is 1030. The molecule has 2 heterocycles. The molecule has 0 atom stereocenters. The third-order valence-electron chi connectivity index (χ3n) is 5.37. The van der Waals surface area contributed by atoms with Crippen LogP contribution in [0.5, 0.6) is 0 Å². The Balaban J connectivity index is 2.17. The molecule has 0 fully saturated rings. The number of hydrogen-bond donors (Lipinski definition) is 0. The normalized spacial score (nSPS) is 15.4. The zero-order valence-corrected chi connectivity index (χ0v) is 15.0. The van der Waals surface area contributed by atoms with E-state index in [1.165, 1.54) is 22.3 Å². The molecule has 0 saturated heterocycles. The van der Waals surface area contributed by atoms with E-state index >= 15 is 0 Å². The predicted molar refractivity (Wildman–Crippen MR) is 99.9 cm³/mol. The second-order valence-electron chi connectivity index (χ2n) is 8.36. The monoisotopic (exact) mass is 317 g/mol. The summed E-state index contributed by atoms with van der Waals surface area (Å²) in [5.74, 6) is 0. The molecule has 2 heteroatoms. The molecular formula is C22H23NO. The van der Waals surface area contributed by atoms with Crippen LogP contribution < -0.4 is 5.56 Å². The lowest BCUT2D eigenvalue weighted by atomic mass is 9.81. The molecule has 0 radical (unpaired) electrons. The van der Waals surface area contributed by atoms with Gasteiger partial charge in [0, 0.05) is 17.7 Å². The van der Waals surface area contributed by atoms with Gasteiger partial charge in [-0.15, -0.1) is 0 Å². The summed E-state index contributed by atoms with van der Waals surface area (Å²) < 4.78 is 1.79. The van der Waals surface area contributed by atoms with Gasteiger partial charge in [0.15, 0.2) is 0 Å². The van der Waals surface area contributed by atoms with Crippen molar-refractivity contribution in [2.45, 2.75) is 45.4 Å². The van der Waals surface area contributed by atoms with Gasteiger partial charge in [0.1, 0.15) is 0 Å². The molecule has 1 aliphatic rings. The Hall–Kier alpha value is -2.35. The maximum atomic E-state index is 12.7. The molecule has 1 aliphatic carbocycles. The van der Waals surface area contributed by atoms with Crippen molar-refractivity contribution < 1.29 is 0 Å². The van der Waals surface area contributed by atoms with Crippen molar-refractivity contribution in [1.29, 1.82) is 0 Å². The molecule has 0 N–H and O–H groups in total. The number of aromatic nitrogens is 1. The van der Waals surface area contributed by atoms with E-state index in [4.69, 9.17) is 0 Å². The first-order chi connectivity index (χ1) is 11.2. The van der Waals surface area contributed by atoms with Gasteiger partial charge in [0.05, 0.1) is 5.52 Å². The molecule has 0 saturated carbocycles. The van der Waals surface area contributed by atoms with Gasteiger partial charge < -0.3 is 0 Å². The molecule has 0 unspecified atom stereocenters. The summed E-state index contributed by atoms with van der Waals surface area (Å²) in [6, 6.07) is 14.6. The van der Waals surface area contributed by atoms with Crippen LogP contribution in [-0.2, 0) is 10.8 Å². The topological polar surface area (TPSA) is 21.5 Å². The zero-order valence-electron chi connectivity index (χ0n) is 15.0. The molecule has 122 valence electrons. The summed E-state index contributed by atoms with van der Waals surface area (Å²) in [5, 5.41) is 0. The number of pyridine rings is 2. The Morgan fingerprint density at radius 1 is 0.958 bits per heavy atom. The van der Waals surface area contributed by atoms with Gasteiger partial charge in [-0.25, -0.2) is 0 Å². The minimum absolute atomic E-state index is 0.0481. The summed E-state index contributed by atoms with van der Waals surface area (Å²) in [5.41, 5.74) is 7.14. The van der Waals surface area contributed by atoms with Crippen molar-refractivity contribution in [3.8, 4) is 11.1 Å². The average Bonchev–Trinajstić information content (AvgIpc) is 2.75. The van der Waals surface area contributed by atoms with Crippen LogP contribution in [0.3, 0.4) is 0 Å². The van der Waals surface area contributed by atoms with E-state index in [1.807, 2.05) is 6.20 Å². The fourth-order valence-electron chi connectivity index (χ4n) is 4.01. The molecule has 0 aliphatic heterocycles. The molecule has 0 amide bonds. The summed E-state index contributed by atoms with van der Waals surface area (Å²) >= 11 is 0. The molecule has 1 aromatic carbocycles. The average molecular weight is 317 g/mol. The van der Waals surface area contributed by atoms with E-state index in [-0.39, 0.29) is 16.4 Å². The van der Waals surface area contributed by atoms with E-state index in [0.717, 1.165) is 11.1 Å². The van der Waals surface area contributed by atoms with Crippen LogP contribution in [0, 0.1) is 0 Å². The van der Waals surface area contributed by atoms with Gasteiger partial charge in [-0.3, -0.25) is 9.20 Å². The standard InChI is InChI=1S/C22H23NO/c1-21(2,3)14-12-18-20-16(10-11-23(18)19(24)13-14)15-8-6-7-9-17(15)22(20,4)5/h6-13H,1-5H3. The van der Waals surface area contributed by atoms with Crippen molar-refractivity contribution >= 4 is 5.52 Å². The third-order valence-corrected chi connectivity index (χ3v) is 5.37. The highest BCUT2D eigenvalue weighted by Gasteiger charge is 2.37. The van der Waals surface area contributed by atoms with Gasteiger partial charge in [-0.05, 0) is 45.4 Å². The highest BCUT2D eigenvalue weighted by Crippen LogP contribution is 2.50. The van der Waals surface area contributed by atoms with Crippen LogP contribution >= 0.6 is 0 Å². The summed E-state index contributed by atoms with van der Waals surface area (Å²) in [6.07, 6.45) is 1.92. The van der Waals surface area contributed by atoms with Crippen molar-refractivity contribution in [3.63, 3.8) is 0 Å². The highest BCUT2D eigenvalue weighted by molar-refractivity contribution is 5.86. The van der Waals surface area contributed by atoms with Gasteiger partial charge in [0.2, 0.25) is 0 Å². The van der Waals surface area contributed by atoms with E-state index in [2.05, 4.69) is 71.0 Å². The van der Waals surface area contributed by atoms with E-state index in [1.54, 1.807) is 10.5 Å². The van der Waals surface area contributed by atoms with Crippen LogP contribution in [0.15, 0.2) is 53.5 Å². The Morgan fingerprint density at radius 3 is 2.38 bits per heavy atom. The lowest BCUT2D eigenvalue weighted by Crippen LogP contribution is -2.23. The van der Waals surface area contributed by atoms with E-state index in [0.29, 0.717) is 0 Å². The number of rotatable bonds is 0. The van der Waals surface area contributed by atoms with Crippen LogP contribution in [0.1, 0.15) is 51.3 Å². The molecule has 3 aromatic rings. The van der Waals surface area contributed by atoms with Crippen molar-refractivity contribution in [2.24, 2.45) is 0 Å². The van der Waals surface area contributed by atoms with Crippen LogP contribution in [0.2, 0.25) is 0 Å². The Labute approximate surface area is 142 Å². The number of hydrogen-bond acceptors (Lipinski definition) is 1. The lowest BCUT2D eigenvalue weighted by Gasteiger charge is -2.25. The fourth-order valence-corrected chi connectivity index (χ4v) is 4.01. The maximum absolute atomic E-state index is 12.7. The van der Waals surface area contributed by atoms with Gasteiger partial charge in [-0.1, -0.05) is 58.9 Å². The summed E-state index contributed by atoms with van der Waals surface area (Å²) in [7, 11) is 0. The van der Waals surface area contributed by atoms with Crippen LogP contribution in [0.4, 0.5) is 0 Å². The molecule has 2 aromatic heterocycles. The van der Waals surface area contributed by atoms with Crippen LogP contribution in [-0.4, -0.2) is 4.40 Å². The molecule has 4 rings (SSSR count). The molecule has 24 heavy (non-hydrogen) atoms.